The molecule has 0 aliphatic carbocycles. The van der Waals surface area contributed by atoms with Gasteiger partial charge in [0.15, 0.2) is 5.65 Å². The summed E-state index contributed by atoms with van der Waals surface area (Å²) < 4.78 is 1.08. The van der Waals surface area contributed by atoms with E-state index >= 15 is 0 Å². The molecule has 4 N–H and O–H groups in total. The summed E-state index contributed by atoms with van der Waals surface area (Å²) >= 11 is 3.57. The largest absolute Gasteiger partial charge is 0.383 e. The number of pyridine rings is 1. The minimum Gasteiger partial charge on any atom is -0.383 e. The highest BCUT2D eigenvalue weighted by atomic mass is 79.9. The van der Waals surface area contributed by atoms with E-state index in [4.69, 9.17) is 11.5 Å². The third kappa shape index (κ3) is 2.98. The molecule has 3 aromatic rings. The van der Waals surface area contributed by atoms with Crippen LogP contribution in [0.2, 0.25) is 0 Å². The van der Waals surface area contributed by atoms with E-state index in [-0.39, 0.29) is 18.4 Å². The van der Waals surface area contributed by atoms with Gasteiger partial charge in [0.2, 0.25) is 5.95 Å². The van der Waals surface area contributed by atoms with Crippen LogP contribution in [-0.2, 0) is 6.42 Å². The molecule has 0 amide bonds. The number of aromatic nitrogens is 3. The summed E-state index contributed by atoms with van der Waals surface area (Å²) in [4.78, 5) is 12.5. The SMILES string of the molecule is Cc1c(Cc2ccccc2Br)cnc2nc(N)nc(N)c12.Cl. The molecule has 0 fully saturated rings. The number of hydrogen-bond acceptors (Lipinski definition) is 5. The number of fused-ring (bicyclic) bond motifs is 1. The molecule has 0 atom stereocenters. The second kappa shape index (κ2) is 6.46. The van der Waals surface area contributed by atoms with Crippen LogP contribution in [0, 0.1) is 6.92 Å². The first kappa shape index (κ1) is 16.5. The molecule has 2 aromatic heterocycles. The van der Waals surface area contributed by atoms with Gasteiger partial charge >= 0.3 is 0 Å². The van der Waals surface area contributed by atoms with Crippen molar-refractivity contribution in [2.45, 2.75) is 13.3 Å². The van der Waals surface area contributed by atoms with Crippen LogP contribution in [0.3, 0.4) is 0 Å². The van der Waals surface area contributed by atoms with Gasteiger partial charge in [-0.25, -0.2) is 4.98 Å². The molecular formula is C15H15BrClN5. The maximum Gasteiger partial charge on any atom is 0.224 e. The second-order valence-electron chi connectivity index (χ2n) is 4.84. The third-order valence-corrected chi connectivity index (χ3v) is 4.25. The minimum absolute atomic E-state index is 0. The molecule has 0 spiro atoms. The Hall–Kier alpha value is -1.92. The summed E-state index contributed by atoms with van der Waals surface area (Å²) in [5.41, 5.74) is 15.4. The summed E-state index contributed by atoms with van der Waals surface area (Å²) in [6.07, 6.45) is 2.59. The average Bonchev–Trinajstić information content (AvgIpc) is 2.43. The summed E-state index contributed by atoms with van der Waals surface area (Å²) in [5, 5.41) is 0.772. The number of nitrogens with two attached hydrogens (primary N) is 2. The smallest absolute Gasteiger partial charge is 0.224 e. The number of nitrogens with zero attached hydrogens (tertiary/aromatic N) is 3. The Balaban J connectivity index is 0.00000176. The number of hydrogen-bond donors (Lipinski definition) is 2. The van der Waals surface area contributed by atoms with Crippen molar-refractivity contribution in [3.63, 3.8) is 0 Å². The molecule has 3 rings (SSSR count). The van der Waals surface area contributed by atoms with Crippen LogP contribution >= 0.6 is 28.3 Å². The van der Waals surface area contributed by atoms with E-state index in [0.717, 1.165) is 27.4 Å². The molecule has 5 nitrogen and oxygen atoms in total. The van der Waals surface area contributed by atoms with Crippen LogP contribution in [0.5, 0.6) is 0 Å². The lowest BCUT2D eigenvalue weighted by Gasteiger charge is -2.11. The molecule has 7 heteroatoms. The Bertz CT molecular complexity index is 838. The molecule has 0 saturated carbocycles. The van der Waals surface area contributed by atoms with Gasteiger partial charge in [-0.1, -0.05) is 34.1 Å². The maximum absolute atomic E-state index is 5.97. The van der Waals surface area contributed by atoms with Gasteiger partial charge in [0.1, 0.15) is 5.82 Å². The van der Waals surface area contributed by atoms with Crippen LogP contribution in [0.4, 0.5) is 11.8 Å². The van der Waals surface area contributed by atoms with E-state index in [9.17, 15) is 0 Å². The van der Waals surface area contributed by atoms with E-state index in [1.165, 1.54) is 5.56 Å². The first-order chi connectivity index (χ1) is 10.1. The van der Waals surface area contributed by atoms with Gasteiger partial charge in [-0.2, -0.15) is 9.97 Å². The fraction of sp³-hybridized carbons (Fsp3) is 0.133. The van der Waals surface area contributed by atoms with Crippen LogP contribution in [0.15, 0.2) is 34.9 Å². The van der Waals surface area contributed by atoms with Crippen molar-refractivity contribution < 1.29 is 0 Å². The first-order valence-electron chi connectivity index (χ1n) is 6.47. The Morgan fingerprint density at radius 3 is 2.55 bits per heavy atom. The molecule has 0 saturated heterocycles. The molecule has 0 bridgehead atoms. The number of rotatable bonds is 2. The van der Waals surface area contributed by atoms with E-state index in [1.807, 2.05) is 31.3 Å². The van der Waals surface area contributed by atoms with Gasteiger partial charge in [0, 0.05) is 17.1 Å². The summed E-state index contributed by atoms with van der Waals surface area (Å²) in [6, 6.07) is 8.11. The molecule has 0 aliphatic rings. The van der Waals surface area contributed by atoms with Gasteiger partial charge in [-0.15, -0.1) is 12.4 Å². The topological polar surface area (TPSA) is 90.7 Å². The molecular weight excluding hydrogens is 366 g/mol. The number of aryl methyl sites for hydroxylation is 1. The van der Waals surface area contributed by atoms with Gasteiger partial charge in [-0.3, -0.25) is 0 Å². The summed E-state index contributed by atoms with van der Waals surface area (Å²) in [5.74, 6) is 0.516. The lowest BCUT2D eigenvalue weighted by Crippen LogP contribution is -2.04. The Labute approximate surface area is 142 Å². The predicted molar refractivity (Wildman–Crippen MR) is 95.1 cm³/mol. The van der Waals surface area contributed by atoms with Crippen LogP contribution in [0.1, 0.15) is 16.7 Å². The zero-order valence-corrected chi connectivity index (χ0v) is 14.3. The van der Waals surface area contributed by atoms with Crippen LogP contribution in [-0.4, -0.2) is 15.0 Å². The average molecular weight is 381 g/mol. The number of halogens is 2. The predicted octanol–water partition coefficient (Wildman–Crippen LogP) is 3.27. The highest BCUT2D eigenvalue weighted by molar-refractivity contribution is 9.10. The van der Waals surface area contributed by atoms with Crippen molar-refractivity contribution in [2.24, 2.45) is 0 Å². The molecule has 2 heterocycles. The fourth-order valence-electron chi connectivity index (χ4n) is 2.36. The zero-order chi connectivity index (χ0) is 15.0. The fourth-order valence-corrected chi connectivity index (χ4v) is 2.78. The minimum atomic E-state index is 0. The van der Waals surface area contributed by atoms with Crippen LogP contribution < -0.4 is 11.5 Å². The monoisotopic (exact) mass is 379 g/mol. The van der Waals surface area contributed by atoms with Crippen molar-refractivity contribution in [3.8, 4) is 0 Å². The zero-order valence-electron chi connectivity index (χ0n) is 11.9. The van der Waals surface area contributed by atoms with Crippen molar-refractivity contribution in [3.05, 3.63) is 51.6 Å². The lowest BCUT2D eigenvalue weighted by molar-refractivity contribution is 1.11. The van der Waals surface area contributed by atoms with Gasteiger partial charge in [-0.05, 0) is 29.7 Å². The summed E-state index contributed by atoms with van der Waals surface area (Å²) in [6.45, 7) is 2.01. The van der Waals surface area contributed by atoms with E-state index in [1.54, 1.807) is 0 Å². The molecule has 0 aliphatic heterocycles. The number of benzene rings is 1. The molecule has 0 unspecified atom stereocenters. The lowest BCUT2D eigenvalue weighted by atomic mass is 10.0. The Morgan fingerprint density at radius 1 is 1.09 bits per heavy atom. The van der Waals surface area contributed by atoms with Crippen LogP contribution in [0.25, 0.3) is 11.0 Å². The quantitative estimate of drug-likeness (QED) is 0.712. The van der Waals surface area contributed by atoms with Gasteiger partial charge < -0.3 is 11.5 Å². The summed E-state index contributed by atoms with van der Waals surface area (Å²) in [7, 11) is 0. The van der Waals surface area contributed by atoms with Gasteiger partial charge in [0.25, 0.3) is 0 Å². The molecule has 114 valence electrons. The molecule has 22 heavy (non-hydrogen) atoms. The van der Waals surface area contributed by atoms with Gasteiger partial charge in [0.05, 0.1) is 5.39 Å². The van der Waals surface area contributed by atoms with Crippen molar-refractivity contribution in [1.29, 1.82) is 0 Å². The number of nitrogen functional groups attached to an aromatic ring is 2. The van der Waals surface area contributed by atoms with Crippen molar-refractivity contribution in [1.82, 2.24) is 15.0 Å². The van der Waals surface area contributed by atoms with E-state index < -0.39 is 0 Å². The highest BCUT2D eigenvalue weighted by Gasteiger charge is 2.12. The second-order valence-corrected chi connectivity index (χ2v) is 5.70. The van der Waals surface area contributed by atoms with Crippen molar-refractivity contribution >= 4 is 51.1 Å². The highest BCUT2D eigenvalue weighted by Crippen LogP contribution is 2.27. The molecule has 1 aromatic carbocycles. The normalized spacial score (nSPS) is 10.5. The molecule has 0 radical (unpaired) electrons. The maximum atomic E-state index is 5.97. The Kier molecular flexibility index (Phi) is 4.83. The third-order valence-electron chi connectivity index (χ3n) is 3.47. The van der Waals surface area contributed by atoms with E-state index in [2.05, 4.69) is 36.9 Å². The van der Waals surface area contributed by atoms with E-state index in [0.29, 0.717) is 11.5 Å². The Morgan fingerprint density at radius 2 is 1.82 bits per heavy atom. The van der Waals surface area contributed by atoms with Crippen molar-refractivity contribution in [2.75, 3.05) is 11.5 Å². The standard InChI is InChI=1S/C15H14BrN5.ClH/c1-8-10(6-9-4-2-3-5-11(9)16)7-19-14-12(8)13(17)20-15(18)21-14;/h2-5,7H,6H2,1H3,(H4,17,18,19,20,21);1H. The first-order valence-corrected chi connectivity index (χ1v) is 7.26. The number of anilines is 2.